The SMILES string of the molecule is C#CC[C@H](CC(=O)[C@H](C(C)C)N(C)C)C(=O)N(C)[C@@H]([C@@H](C)CC)[C@@H](CC(=O)N1CCC[C@H]1[C@H](OC)[C@@H](C)C(=O)C[C@@H](Cc1ccccc1)C(=O)OC)OC. The first-order valence-corrected chi connectivity index (χ1v) is 19.5. The lowest BCUT2D eigenvalue weighted by molar-refractivity contribution is -0.149. The molecule has 0 saturated carbocycles. The van der Waals surface area contributed by atoms with Gasteiger partial charge in [-0.25, -0.2) is 0 Å². The quantitative estimate of drug-likeness (QED) is 0.111. The molecule has 1 heterocycles. The summed E-state index contributed by atoms with van der Waals surface area (Å²) in [6.07, 6.45) is 7.12. The summed E-state index contributed by atoms with van der Waals surface area (Å²) >= 11 is 0. The van der Waals surface area contributed by atoms with Gasteiger partial charge < -0.3 is 24.0 Å². The number of hydrogen-bond donors (Lipinski definition) is 0. The van der Waals surface area contributed by atoms with Crippen LogP contribution >= 0.6 is 0 Å². The number of nitrogens with zero attached hydrogens (tertiary/aromatic N) is 3. The second-order valence-corrected chi connectivity index (χ2v) is 15.6. The molecule has 11 heteroatoms. The maximum atomic E-state index is 14.2. The van der Waals surface area contributed by atoms with Crippen molar-refractivity contribution in [2.75, 3.05) is 49.0 Å². The molecule has 2 amide bonds. The van der Waals surface area contributed by atoms with E-state index in [2.05, 4.69) is 5.92 Å². The van der Waals surface area contributed by atoms with Gasteiger partial charge in [0.25, 0.3) is 0 Å². The van der Waals surface area contributed by atoms with Crippen molar-refractivity contribution in [1.82, 2.24) is 14.7 Å². The summed E-state index contributed by atoms with van der Waals surface area (Å²) in [4.78, 5) is 73.6. The molecule has 0 aromatic heterocycles. The number of ether oxygens (including phenoxy) is 3. The predicted molar refractivity (Wildman–Crippen MR) is 210 cm³/mol. The minimum absolute atomic E-state index is 0.00843. The molecule has 2 rings (SSSR count). The highest BCUT2D eigenvalue weighted by Gasteiger charge is 2.43. The number of amides is 2. The van der Waals surface area contributed by atoms with Crippen LogP contribution in [0.25, 0.3) is 0 Å². The summed E-state index contributed by atoms with van der Waals surface area (Å²) in [5.41, 5.74) is 0.934. The van der Waals surface area contributed by atoms with Gasteiger partial charge in [0, 0.05) is 53.0 Å². The van der Waals surface area contributed by atoms with Gasteiger partial charge in [-0.15, -0.1) is 12.3 Å². The Balaban J connectivity index is 2.28. The van der Waals surface area contributed by atoms with Gasteiger partial charge in [0.2, 0.25) is 11.8 Å². The number of likely N-dealkylation sites (N-methyl/N-ethyl adjacent to an activating group) is 2. The molecular formula is C43H67N3O8. The van der Waals surface area contributed by atoms with E-state index >= 15 is 0 Å². The minimum atomic E-state index is -0.704. The largest absolute Gasteiger partial charge is 0.469 e. The smallest absolute Gasteiger partial charge is 0.309 e. The van der Waals surface area contributed by atoms with Crippen molar-refractivity contribution in [3.8, 4) is 12.3 Å². The van der Waals surface area contributed by atoms with Crippen molar-refractivity contribution in [3.63, 3.8) is 0 Å². The lowest BCUT2D eigenvalue weighted by Crippen LogP contribution is -2.54. The lowest BCUT2D eigenvalue weighted by Gasteiger charge is -2.40. The fraction of sp³-hybridized carbons (Fsp3) is 0.698. The topological polar surface area (TPSA) is 123 Å². The lowest BCUT2D eigenvalue weighted by atomic mass is 9.85. The summed E-state index contributed by atoms with van der Waals surface area (Å²) in [5.74, 6) is -0.326. The summed E-state index contributed by atoms with van der Waals surface area (Å²) in [5, 5.41) is 0. The standard InChI is InChI=1S/C43H67N3O8/c1-13-19-32(25-36(48)39(28(3)4)44(7)8)42(50)45(9)40(29(5)14-2)37(52-10)27-38(49)46-23-18-22-34(46)41(53-11)30(6)35(47)26-33(43(51)54-12)24-31-20-16-15-17-21-31/h1,15-17,20-21,28-30,32-34,37,39-41H,14,18-19,22-27H2,2-12H3/t29-,30-,32+,33+,34-,37+,39-,40-,41+/m0/s1. The molecule has 0 N–H and O–H groups in total. The summed E-state index contributed by atoms with van der Waals surface area (Å²) in [6, 6.07) is 8.35. The molecule has 0 bridgehead atoms. The first-order chi connectivity index (χ1) is 25.6. The summed E-state index contributed by atoms with van der Waals surface area (Å²) in [7, 11) is 9.85. The van der Waals surface area contributed by atoms with Crippen LogP contribution in [0.1, 0.15) is 85.1 Å². The number of hydrogen-bond acceptors (Lipinski definition) is 9. The van der Waals surface area contributed by atoms with Crippen molar-refractivity contribution in [2.24, 2.45) is 29.6 Å². The number of rotatable bonds is 23. The molecule has 1 aromatic rings. The van der Waals surface area contributed by atoms with Crippen molar-refractivity contribution in [3.05, 3.63) is 35.9 Å². The number of ketones is 2. The number of Topliss-reactive ketones (excluding diaryl/α,β-unsaturated/α-hetero) is 2. The van der Waals surface area contributed by atoms with E-state index < -0.39 is 42.0 Å². The second-order valence-electron chi connectivity index (χ2n) is 15.6. The molecule has 0 unspecified atom stereocenters. The molecule has 0 radical (unpaired) electrons. The Kier molecular flexibility index (Phi) is 19.6. The van der Waals surface area contributed by atoms with Gasteiger partial charge in [0.1, 0.15) is 5.78 Å². The number of carbonyl (C=O) groups excluding carboxylic acids is 5. The zero-order valence-electron chi connectivity index (χ0n) is 34.7. The molecule has 0 aliphatic carbocycles. The molecule has 0 spiro atoms. The molecule has 1 saturated heterocycles. The summed E-state index contributed by atoms with van der Waals surface area (Å²) < 4.78 is 17.0. The number of esters is 1. The molecule has 1 aliphatic heterocycles. The third-order valence-electron chi connectivity index (χ3n) is 11.3. The zero-order valence-corrected chi connectivity index (χ0v) is 34.7. The maximum absolute atomic E-state index is 14.2. The van der Waals surface area contributed by atoms with E-state index in [1.54, 1.807) is 38.0 Å². The van der Waals surface area contributed by atoms with Crippen LogP contribution in [-0.2, 0) is 44.6 Å². The Hall–Kier alpha value is -3.59. The number of carbonyl (C=O) groups is 5. The Morgan fingerprint density at radius 3 is 2.06 bits per heavy atom. The van der Waals surface area contributed by atoms with Crippen LogP contribution in [0, 0.1) is 41.9 Å². The monoisotopic (exact) mass is 753 g/mol. The average Bonchev–Trinajstić information content (AvgIpc) is 3.63. The van der Waals surface area contributed by atoms with E-state index in [9.17, 15) is 24.0 Å². The number of methoxy groups -OCH3 is 3. The highest BCUT2D eigenvalue weighted by atomic mass is 16.5. The molecule has 1 aliphatic rings. The van der Waals surface area contributed by atoms with Gasteiger partial charge in [-0.3, -0.25) is 28.9 Å². The van der Waals surface area contributed by atoms with Crippen LogP contribution in [0.5, 0.6) is 0 Å². The maximum Gasteiger partial charge on any atom is 0.309 e. The fourth-order valence-electron chi connectivity index (χ4n) is 8.37. The van der Waals surface area contributed by atoms with Gasteiger partial charge >= 0.3 is 5.97 Å². The van der Waals surface area contributed by atoms with E-state index in [1.807, 2.05) is 77.0 Å². The van der Waals surface area contributed by atoms with E-state index in [4.69, 9.17) is 20.6 Å². The van der Waals surface area contributed by atoms with Gasteiger partial charge in [0.05, 0.1) is 55.7 Å². The van der Waals surface area contributed by atoms with Crippen LogP contribution < -0.4 is 0 Å². The van der Waals surface area contributed by atoms with Crippen molar-refractivity contribution < 1.29 is 38.2 Å². The van der Waals surface area contributed by atoms with E-state index in [0.717, 1.165) is 18.4 Å². The van der Waals surface area contributed by atoms with Crippen LogP contribution in [0.3, 0.4) is 0 Å². The Morgan fingerprint density at radius 2 is 1.54 bits per heavy atom. The molecule has 1 aromatic carbocycles. The van der Waals surface area contributed by atoms with Gasteiger partial charge in [-0.2, -0.15) is 0 Å². The Labute approximate surface area is 324 Å². The first-order valence-electron chi connectivity index (χ1n) is 19.5. The van der Waals surface area contributed by atoms with Gasteiger partial charge in [0.15, 0.2) is 5.78 Å². The van der Waals surface area contributed by atoms with Gasteiger partial charge in [-0.05, 0) is 50.8 Å². The van der Waals surface area contributed by atoms with Crippen molar-refractivity contribution in [2.45, 2.75) is 116 Å². The highest BCUT2D eigenvalue weighted by Crippen LogP contribution is 2.31. The molecule has 1 fully saturated rings. The highest BCUT2D eigenvalue weighted by molar-refractivity contribution is 5.90. The normalized spacial score (nSPS) is 18.9. The second kappa shape index (κ2) is 22.7. The Morgan fingerprint density at radius 1 is 0.907 bits per heavy atom. The van der Waals surface area contributed by atoms with E-state index in [1.165, 1.54) is 7.11 Å². The summed E-state index contributed by atoms with van der Waals surface area (Å²) in [6.45, 7) is 10.3. The third-order valence-corrected chi connectivity index (χ3v) is 11.3. The van der Waals surface area contributed by atoms with Crippen LogP contribution in [0.4, 0.5) is 0 Å². The fourth-order valence-corrected chi connectivity index (χ4v) is 8.37. The third kappa shape index (κ3) is 12.5. The van der Waals surface area contributed by atoms with E-state index in [-0.39, 0.29) is 73.0 Å². The van der Waals surface area contributed by atoms with Crippen molar-refractivity contribution >= 4 is 29.4 Å². The number of benzene rings is 1. The predicted octanol–water partition coefficient (Wildman–Crippen LogP) is 5.08. The molecule has 11 nitrogen and oxygen atoms in total. The van der Waals surface area contributed by atoms with Crippen LogP contribution in [0.2, 0.25) is 0 Å². The van der Waals surface area contributed by atoms with Crippen molar-refractivity contribution in [1.29, 1.82) is 0 Å². The molecule has 54 heavy (non-hydrogen) atoms. The molecule has 9 atom stereocenters. The van der Waals surface area contributed by atoms with Gasteiger partial charge in [-0.1, -0.05) is 71.4 Å². The molecular weight excluding hydrogens is 686 g/mol. The number of terminal acetylenes is 1. The van der Waals surface area contributed by atoms with Crippen LogP contribution in [-0.4, -0.2) is 123 Å². The minimum Gasteiger partial charge on any atom is -0.469 e. The number of likely N-dealkylation sites (tertiary alicyclic amines) is 1. The Bertz CT molecular complexity index is 1400. The first kappa shape index (κ1) is 46.6. The zero-order chi connectivity index (χ0) is 40.7. The molecule has 302 valence electrons. The van der Waals surface area contributed by atoms with Crippen LogP contribution in [0.15, 0.2) is 30.3 Å². The average molecular weight is 754 g/mol. The van der Waals surface area contributed by atoms with E-state index in [0.29, 0.717) is 19.4 Å².